The van der Waals surface area contributed by atoms with Gasteiger partial charge in [0.15, 0.2) is 0 Å². The van der Waals surface area contributed by atoms with Crippen LogP contribution in [0.5, 0.6) is 0 Å². The first-order valence-electron chi connectivity index (χ1n) is 6.34. The molecule has 0 bridgehead atoms. The number of likely N-dealkylation sites (N-methyl/N-ethyl adjacent to an activating group) is 1. The van der Waals surface area contributed by atoms with Crippen LogP contribution in [0.3, 0.4) is 0 Å². The van der Waals surface area contributed by atoms with Gasteiger partial charge < -0.3 is 10.2 Å². The third kappa shape index (κ3) is 4.06. The van der Waals surface area contributed by atoms with Crippen molar-refractivity contribution in [1.82, 2.24) is 20.2 Å². The lowest BCUT2D eigenvalue weighted by Crippen LogP contribution is -2.20. The van der Waals surface area contributed by atoms with Crippen molar-refractivity contribution < 1.29 is 0 Å². The summed E-state index contributed by atoms with van der Waals surface area (Å²) in [4.78, 5) is 11.2. The molecule has 0 amide bonds. The van der Waals surface area contributed by atoms with E-state index >= 15 is 0 Å². The zero-order valence-electron chi connectivity index (χ0n) is 11.0. The average molecular weight is 234 g/mol. The van der Waals surface area contributed by atoms with Gasteiger partial charge in [0, 0.05) is 31.7 Å². The molecule has 4 nitrogen and oxygen atoms in total. The topological polar surface area (TPSA) is 41.1 Å². The van der Waals surface area contributed by atoms with Crippen molar-refractivity contribution in [3.63, 3.8) is 0 Å². The van der Waals surface area contributed by atoms with Crippen LogP contribution >= 0.6 is 0 Å². The van der Waals surface area contributed by atoms with Gasteiger partial charge in [-0.05, 0) is 39.4 Å². The fourth-order valence-electron chi connectivity index (χ4n) is 1.67. The van der Waals surface area contributed by atoms with Gasteiger partial charge in [-0.3, -0.25) is 0 Å². The molecule has 4 heteroatoms. The van der Waals surface area contributed by atoms with E-state index < -0.39 is 0 Å². The highest BCUT2D eigenvalue weighted by Gasteiger charge is 2.20. The van der Waals surface area contributed by atoms with Crippen LogP contribution in [0.2, 0.25) is 0 Å². The molecule has 1 aromatic heterocycles. The Morgan fingerprint density at radius 2 is 2.18 bits per heavy atom. The molecule has 0 aliphatic heterocycles. The Balaban J connectivity index is 1.94. The number of nitrogens with zero attached hydrogens (tertiary/aromatic N) is 3. The first-order chi connectivity index (χ1) is 8.15. The van der Waals surface area contributed by atoms with E-state index in [9.17, 15) is 0 Å². The van der Waals surface area contributed by atoms with Crippen LogP contribution in [-0.4, -0.2) is 41.5 Å². The molecule has 94 valence electrons. The number of rotatable bonds is 6. The predicted octanol–water partition coefficient (Wildman–Crippen LogP) is 1.14. The van der Waals surface area contributed by atoms with Gasteiger partial charge in [0.05, 0.1) is 5.69 Å². The summed E-state index contributed by atoms with van der Waals surface area (Å²) in [6.45, 7) is 3.96. The van der Waals surface area contributed by atoms with Crippen LogP contribution in [0.1, 0.15) is 29.9 Å². The van der Waals surface area contributed by atoms with E-state index in [1.54, 1.807) is 0 Å². The molecule has 0 unspecified atom stereocenters. The van der Waals surface area contributed by atoms with Crippen molar-refractivity contribution in [3.05, 3.63) is 23.3 Å². The van der Waals surface area contributed by atoms with Gasteiger partial charge >= 0.3 is 0 Å². The molecule has 2 rings (SSSR count). The summed E-state index contributed by atoms with van der Waals surface area (Å²) in [7, 11) is 4.15. The molecule has 17 heavy (non-hydrogen) atoms. The SMILES string of the molecule is Cc1cnc(CCN(C)C)nc1CNC1CC1. The molecule has 1 aliphatic carbocycles. The Bertz CT molecular complexity index is 372. The van der Waals surface area contributed by atoms with Gasteiger partial charge in [-0.15, -0.1) is 0 Å². The molecule has 0 aromatic carbocycles. The van der Waals surface area contributed by atoms with Crippen LogP contribution in [0, 0.1) is 6.92 Å². The Morgan fingerprint density at radius 1 is 1.41 bits per heavy atom. The Hall–Kier alpha value is -1.00. The van der Waals surface area contributed by atoms with Gasteiger partial charge in [-0.2, -0.15) is 0 Å². The summed E-state index contributed by atoms with van der Waals surface area (Å²) >= 11 is 0. The summed E-state index contributed by atoms with van der Waals surface area (Å²) in [5.41, 5.74) is 2.34. The molecule has 1 aromatic rings. The molecular weight excluding hydrogens is 212 g/mol. The number of hydrogen-bond acceptors (Lipinski definition) is 4. The number of aromatic nitrogens is 2. The predicted molar refractivity (Wildman–Crippen MR) is 68.9 cm³/mol. The zero-order valence-corrected chi connectivity index (χ0v) is 11.0. The molecular formula is C13H22N4. The highest BCUT2D eigenvalue weighted by Crippen LogP contribution is 2.19. The maximum absolute atomic E-state index is 4.64. The number of hydrogen-bond donors (Lipinski definition) is 1. The molecule has 1 N–H and O–H groups in total. The highest BCUT2D eigenvalue weighted by atomic mass is 15.1. The molecule has 1 heterocycles. The van der Waals surface area contributed by atoms with Crippen molar-refractivity contribution in [1.29, 1.82) is 0 Å². The van der Waals surface area contributed by atoms with Crippen molar-refractivity contribution in [2.45, 2.75) is 38.8 Å². The standard InChI is InChI=1S/C13H22N4/c1-10-8-15-13(6-7-17(2)3)16-12(10)9-14-11-4-5-11/h8,11,14H,4-7,9H2,1-3H3. The first-order valence-corrected chi connectivity index (χ1v) is 6.34. The van der Waals surface area contributed by atoms with E-state index in [4.69, 9.17) is 0 Å². The molecule has 0 spiro atoms. The van der Waals surface area contributed by atoms with E-state index in [0.29, 0.717) is 0 Å². The van der Waals surface area contributed by atoms with E-state index in [0.717, 1.165) is 37.1 Å². The van der Waals surface area contributed by atoms with Crippen LogP contribution in [-0.2, 0) is 13.0 Å². The summed E-state index contributed by atoms with van der Waals surface area (Å²) in [6.07, 6.45) is 5.50. The van der Waals surface area contributed by atoms with Crippen molar-refractivity contribution >= 4 is 0 Å². The van der Waals surface area contributed by atoms with E-state index in [1.807, 2.05) is 6.20 Å². The lowest BCUT2D eigenvalue weighted by atomic mass is 10.2. The van der Waals surface area contributed by atoms with Crippen LogP contribution < -0.4 is 5.32 Å². The van der Waals surface area contributed by atoms with Crippen molar-refractivity contribution in [2.75, 3.05) is 20.6 Å². The van der Waals surface area contributed by atoms with Crippen LogP contribution in [0.4, 0.5) is 0 Å². The third-order valence-electron chi connectivity index (χ3n) is 3.04. The monoisotopic (exact) mass is 234 g/mol. The van der Waals surface area contributed by atoms with Crippen LogP contribution in [0.25, 0.3) is 0 Å². The molecule has 0 saturated heterocycles. The first kappa shape index (κ1) is 12.5. The molecule has 1 saturated carbocycles. The van der Waals surface area contributed by atoms with E-state index in [1.165, 1.54) is 18.4 Å². The highest BCUT2D eigenvalue weighted by molar-refractivity contribution is 5.16. The van der Waals surface area contributed by atoms with Crippen LogP contribution in [0.15, 0.2) is 6.20 Å². The maximum Gasteiger partial charge on any atom is 0.129 e. The minimum absolute atomic E-state index is 0.731. The largest absolute Gasteiger partial charge is 0.309 e. The molecule has 1 aliphatic rings. The average Bonchev–Trinajstić information content (AvgIpc) is 3.10. The molecule has 0 radical (unpaired) electrons. The Labute approximate surface area is 103 Å². The van der Waals surface area contributed by atoms with Gasteiger partial charge in [-0.1, -0.05) is 0 Å². The Kier molecular flexibility index (Phi) is 4.07. The number of aryl methyl sites for hydroxylation is 1. The quantitative estimate of drug-likeness (QED) is 0.801. The van der Waals surface area contributed by atoms with Crippen molar-refractivity contribution in [2.24, 2.45) is 0 Å². The smallest absolute Gasteiger partial charge is 0.129 e. The van der Waals surface area contributed by atoms with Crippen molar-refractivity contribution in [3.8, 4) is 0 Å². The number of nitrogens with one attached hydrogen (secondary N) is 1. The summed E-state index contributed by atoms with van der Waals surface area (Å²) in [5.74, 6) is 0.955. The summed E-state index contributed by atoms with van der Waals surface area (Å²) < 4.78 is 0. The van der Waals surface area contributed by atoms with Gasteiger partial charge in [0.25, 0.3) is 0 Å². The van der Waals surface area contributed by atoms with E-state index in [-0.39, 0.29) is 0 Å². The molecule has 0 atom stereocenters. The second-order valence-electron chi connectivity index (χ2n) is 5.12. The Morgan fingerprint density at radius 3 is 2.82 bits per heavy atom. The fourth-order valence-corrected chi connectivity index (χ4v) is 1.67. The normalized spacial score (nSPS) is 15.5. The van der Waals surface area contributed by atoms with Gasteiger partial charge in [0.2, 0.25) is 0 Å². The summed E-state index contributed by atoms with van der Waals surface area (Å²) in [6, 6.07) is 0.731. The minimum atomic E-state index is 0.731. The third-order valence-corrected chi connectivity index (χ3v) is 3.04. The second kappa shape index (κ2) is 5.56. The van der Waals surface area contributed by atoms with E-state index in [2.05, 4.69) is 41.2 Å². The minimum Gasteiger partial charge on any atom is -0.309 e. The van der Waals surface area contributed by atoms with Gasteiger partial charge in [0.1, 0.15) is 5.82 Å². The maximum atomic E-state index is 4.64. The van der Waals surface area contributed by atoms with Gasteiger partial charge in [-0.25, -0.2) is 9.97 Å². The lowest BCUT2D eigenvalue weighted by molar-refractivity contribution is 0.409. The second-order valence-corrected chi connectivity index (χ2v) is 5.12. The fraction of sp³-hybridized carbons (Fsp3) is 0.692. The summed E-state index contributed by atoms with van der Waals surface area (Å²) in [5, 5.41) is 3.51. The lowest BCUT2D eigenvalue weighted by Gasteiger charge is -2.10. The molecule has 1 fully saturated rings. The zero-order chi connectivity index (χ0) is 12.3.